The summed E-state index contributed by atoms with van der Waals surface area (Å²) < 4.78 is 58.5. The molecule has 12 heteroatoms. The zero-order valence-corrected chi connectivity index (χ0v) is 16.4. The summed E-state index contributed by atoms with van der Waals surface area (Å²) in [5.41, 5.74) is -3.47. The quantitative estimate of drug-likeness (QED) is 0.382. The second-order valence-electron chi connectivity index (χ2n) is 2.71. The predicted molar refractivity (Wildman–Crippen MR) is 52.0 cm³/mol. The summed E-state index contributed by atoms with van der Waals surface area (Å²) in [7, 11) is -8.89. The standard InChI is InChI=1S/2C3H8O4S.2Na/c2*1-2-3(4)8(5,6)7;;/h2*3-4H,2H2,1H3,(H,5,6,7);;/q;;2*+1/p-2. The van der Waals surface area contributed by atoms with Gasteiger partial charge in [-0.05, 0) is 12.8 Å². The van der Waals surface area contributed by atoms with Crippen molar-refractivity contribution in [1.29, 1.82) is 0 Å². The molecule has 0 saturated carbocycles. The fourth-order valence-electron chi connectivity index (χ4n) is 0.408. The van der Waals surface area contributed by atoms with E-state index in [-0.39, 0.29) is 72.0 Å². The smallest absolute Gasteiger partial charge is 0.746 e. The van der Waals surface area contributed by atoms with Crippen molar-refractivity contribution < 1.29 is 95.3 Å². The van der Waals surface area contributed by atoms with Crippen LogP contribution >= 0.6 is 0 Å². The Balaban J connectivity index is -0.0000000980. The van der Waals surface area contributed by atoms with Crippen LogP contribution in [0.2, 0.25) is 0 Å². The largest absolute Gasteiger partial charge is 1.00 e. The van der Waals surface area contributed by atoms with Gasteiger partial charge in [-0.2, -0.15) is 0 Å². The molecule has 0 bridgehead atoms. The van der Waals surface area contributed by atoms with E-state index in [0.717, 1.165) is 0 Å². The van der Waals surface area contributed by atoms with E-state index >= 15 is 0 Å². The van der Waals surface area contributed by atoms with Crippen molar-refractivity contribution in [3.05, 3.63) is 0 Å². The first-order valence-corrected chi connectivity index (χ1v) is 7.16. The SMILES string of the molecule is CCC(O)S(=O)(=O)[O-].CCC(O)S(=O)(=O)[O-].[Na+].[Na+]. The van der Waals surface area contributed by atoms with E-state index in [1.807, 2.05) is 0 Å². The minimum Gasteiger partial charge on any atom is -0.746 e. The van der Waals surface area contributed by atoms with Gasteiger partial charge < -0.3 is 19.3 Å². The molecule has 0 aromatic carbocycles. The third-order valence-electron chi connectivity index (χ3n) is 1.36. The van der Waals surface area contributed by atoms with Crippen LogP contribution in [0.1, 0.15) is 26.7 Å². The molecule has 0 radical (unpaired) electrons. The number of hydrogen-bond donors (Lipinski definition) is 2. The molecule has 0 aromatic rings. The summed E-state index contributed by atoms with van der Waals surface area (Å²) in [5.74, 6) is 0. The zero-order valence-electron chi connectivity index (χ0n) is 10.7. The molecular formula is C6H14Na2O8S2. The molecule has 100 valence electrons. The maximum atomic E-state index is 9.76. The van der Waals surface area contributed by atoms with Crippen LogP contribution in [0.4, 0.5) is 0 Å². The Kier molecular flexibility index (Phi) is 19.4. The van der Waals surface area contributed by atoms with Gasteiger partial charge in [0.25, 0.3) is 0 Å². The molecule has 2 N–H and O–H groups in total. The Bertz CT molecular complexity index is 340. The Morgan fingerprint density at radius 3 is 1.00 bits per heavy atom. The Labute approximate surface area is 151 Å². The van der Waals surface area contributed by atoms with Crippen molar-refractivity contribution in [3.63, 3.8) is 0 Å². The molecule has 2 atom stereocenters. The summed E-state index contributed by atoms with van der Waals surface area (Å²) in [6.45, 7) is 2.83. The predicted octanol–water partition coefficient (Wildman–Crippen LogP) is -7.47. The number of hydrogen-bond acceptors (Lipinski definition) is 8. The fraction of sp³-hybridized carbons (Fsp3) is 1.00. The van der Waals surface area contributed by atoms with Gasteiger partial charge in [-0.1, -0.05) is 13.8 Å². The molecule has 0 heterocycles. The Morgan fingerprint density at radius 2 is 1.00 bits per heavy atom. The minimum atomic E-state index is -4.45. The van der Waals surface area contributed by atoms with Crippen LogP contribution in [-0.2, 0) is 20.2 Å². The maximum absolute atomic E-state index is 9.76. The van der Waals surface area contributed by atoms with Gasteiger partial charge in [0.05, 0.1) is 0 Å². The van der Waals surface area contributed by atoms with Crippen LogP contribution < -0.4 is 59.1 Å². The first-order chi connectivity index (χ1) is 6.96. The Hall–Kier alpha value is 1.74. The maximum Gasteiger partial charge on any atom is 1.00 e. The van der Waals surface area contributed by atoms with Crippen LogP contribution in [0, 0.1) is 0 Å². The second-order valence-corrected chi connectivity index (χ2v) is 5.77. The molecule has 0 aliphatic heterocycles. The molecule has 18 heavy (non-hydrogen) atoms. The topological polar surface area (TPSA) is 155 Å². The van der Waals surface area contributed by atoms with Gasteiger partial charge in [0.15, 0.2) is 0 Å². The number of aliphatic hydroxyl groups excluding tert-OH is 2. The van der Waals surface area contributed by atoms with Gasteiger partial charge in [-0.3, -0.25) is 0 Å². The molecule has 0 fully saturated rings. The van der Waals surface area contributed by atoms with E-state index in [1.165, 1.54) is 13.8 Å². The average Bonchev–Trinajstić information content (AvgIpc) is 2.13. The second kappa shape index (κ2) is 12.5. The molecule has 0 saturated heterocycles. The van der Waals surface area contributed by atoms with Crippen molar-refractivity contribution in [2.24, 2.45) is 0 Å². The van der Waals surface area contributed by atoms with Crippen LogP contribution in [0.25, 0.3) is 0 Å². The van der Waals surface area contributed by atoms with Crippen molar-refractivity contribution >= 4 is 20.2 Å². The Morgan fingerprint density at radius 1 is 0.833 bits per heavy atom. The summed E-state index contributed by atoms with van der Waals surface area (Å²) >= 11 is 0. The first kappa shape index (κ1) is 28.0. The van der Waals surface area contributed by atoms with Gasteiger partial charge in [0.2, 0.25) is 0 Å². The van der Waals surface area contributed by atoms with Gasteiger partial charge in [0, 0.05) is 0 Å². The van der Waals surface area contributed by atoms with E-state index in [2.05, 4.69) is 0 Å². The summed E-state index contributed by atoms with van der Waals surface area (Å²) in [6.07, 6.45) is -0.0995. The average molecular weight is 324 g/mol. The van der Waals surface area contributed by atoms with Crippen LogP contribution in [0.5, 0.6) is 0 Å². The van der Waals surface area contributed by atoms with Crippen molar-refractivity contribution in [1.82, 2.24) is 0 Å². The first-order valence-electron chi connectivity index (χ1n) is 4.22. The van der Waals surface area contributed by atoms with Crippen molar-refractivity contribution in [2.75, 3.05) is 0 Å². The molecule has 0 aliphatic carbocycles. The van der Waals surface area contributed by atoms with E-state index in [0.29, 0.717) is 0 Å². The molecule has 0 spiro atoms. The van der Waals surface area contributed by atoms with E-state index in [9.17, 15) is 25.9 Å². The molecule has 0 amide bonds. The molecule has 0 aliphatic rings. The summed E-state index contributed by atoms with van der Waals surface area (Å²) in [6, 6.07) is 0. The van der Waals surface area contributed by atoms with Crippen molar-refractivity contribution in [2.45, 2.75) is 37.6 Å². The van der Waals surface area contributed by atoms with Crippen molar-refractivity contribution in [3.8, 4) is 0 Å². The minimum absolute atomic E-state index is 0. The normalized spacial score (nSPS) is 14.1. The molecule has 2 unspecified atom stereocenters. The molecule has 8 nitrogen and oxygen atoms in total. The van der Waals surface area contributed by atoms with Gasteiger partial charge in [0.1, 0.15) is 31.1 Å². The monoisotopic (exact) mass is 324 g/mol. The van der Waals surface area contributed by atoms with E-state index in [4.69, 9.17) is 10.2 Å². The van der Waals surface area contributed by atoms with Gasteiger partial charge in [-0.15, -0.1) is 0 Å². The summed E-state index contributed by atoms with van der Waals surface area (Å²) in [5, 5.41) is 16.6. The van der Waals surface area contributed by atoms with E-state index < -0.39 is 31.1 Å². The number of rotatable bonds is 4. The fourth-order valence-corrected chi connectivity index (χ4v) is 1.22. The summed E-state index contributed by atoms with van der Waals surface area (Å²) in [4.78, 5) is 0. The molecular weight excluding hydrogens is 310 g/mol. The van der Waals surface area contributed by atoms with Crippen LogP contribution in [0.15, 0.2) is 0 Å². The zero-order chi connectivity index (χ0) is 13.6. The number of aliphatic hydroxyl groups is 2. The van der Waals surface area contributed by atoms with Crippen LogP contribution in [0.3, 0.4) is 0 Å². The molecule has 0 aromatic heterocycles. The van der Waals surface area contributed by atoms with Crippen LogP contribution in [-0.4, -0.2) is 47.0 Å². The third kappa shape index (κ3) is 15.8. The molecule has 0 rings (SSSR count). The van der Waals surface area contributed by atoms with E-state index in [1.54, 1.807) is 0 Å². The van der Waals surface area contributed by atoms with Gasteiger partial charge >= 0.3 is 59.1 Å². The third-order valence-corrected chi connectivity index (χ3v) is 3.36. The van der Waals surface area contributed by atoms with Gasteiger partial charge in [-0.25, -0.2) is 16.8 Å².